The van der Waals surface area contributed by atoms with Crippen molar-refractivity contribution in [2.24, 2.45) is 17.8 Å². The van der Waals surface area contributed by atoms with Crippen LogP contribution in [0.2, 0.25) is 0 Å². The van der Waals surface area contributed by atoms with Gasteiger partial charge in [-0.2, -0.15) is 0 Å². The van der Waals surface area contributed by atoms with Crippen LogP contribution < -0.4 is 10.9 Å². The number of aliphatic hydroxyl groups excluding tert-OH is 1. The van der Waals surface area contributed by atoms with Crippen molar-refractivity contribution in [2.45, 2.75) is 70.4 Å². The van der Waals surface area contributed by atoms with Crippen LogP contribution in [0.1, 0.15) is 44.6 Å². The number of carbonyl (C=O) groups is 4. The predicted octanol–water partition coefficient (Wildman–Crippen LogP) is 2.67. The van der Waals surface area contributed by atoms with E-state index in [4.69, 9.17) is 23.7 Å². The van der Waals surface area contributed by atoms with E-state index in [-0.39, 0.29) is 12.1 Å². The maximum absolute atomic E-state index is 13.4. The molecule has 9 atom stereocenters. The number of H-pyrrole nitrogens is 1. The van der Waals surface area contributed by atoms with Gasteiger partial charge in [0.25, 0.3) is 0 Å². The zero-order valence-electron chi connectivity index (χ0n) is 25.4. The van der Waals surface area contributed by atoms with Crippen LogP contribution in [0.25, 0.3) is 0 Å². The molecule has 0 saturated heterocycles. The third-order valence-electron chi connectivity index (χ3n) is 8.20. The standard InChI is InChI=1S/C30H39N3O11/c1-15-12-16(2)30-14-19(24(17(3)25(34)44-30)43-26(35)21-8-7-11-31-21)9-10-20(30)13-22(39-5)27(36)42-23(15)18(4)41-29(38)33-32-28(37)40-6/h7-12,14-15,17-18,20,22-25,31,34H,13H2,1-6H3,(H,32,37)(H,33,38)/b16-12+/t15-,17+,18-,20-,22+,23+,24-,25?,30+/m1/s1. The summed E-state index contributed by atoms with van der Waals surface area (Å²) in [4.78, 5) is 52.7. The molecular weight excluding hydrogens is 578 g/mol. The lowest BCUT2D eigenvalue weighted by atomic mass is 9.72. The largest absolute Gasteiger partial charge is 0.456 e. The second kappa shape index (κ2) is 13.7. The smallest absolute Gasteiger partial charge is 0.426 e. The van der Waals surface area contributed by atoms with Crippen molar-refractivity contribution in [1.82, 2.24) is 15.8 Å². The zero-order chi connectivity index (χ0) is 32.2. The van der Waals surface area contributed by atoms with Gasteiger partial charge in [0, 0.05) is 31.1 Å². The number of nitrogens with one attached hydrogen (secondary N) is 3. The van der Waals surface area contributed by atoms with E-state index in [9.17, 15) is 24.3 Å². The van der Waals surface area contributed by atoms with Crippen molar-refractivity contribution < 1.29 is 52.7 Å². The predicted molar refractivity (Wildman–Crippen MR) is 153 cm³/mol. The number of esters is 2. The van der Waals surface area contributed by atoms with Gasteiger partial charge in [-0.15, -0.1) is 0 Å². The highest BCUT2D eigenvalue weighted by Crippen LogP contribution is 2.46. The summed E-state index contributed by atoms with van der Waals surface area (Å²) in [5, 5.41) is 11.3. The van der Waals surface area contributed by atoms with E-state index in [0.29, 0.717) is 11.1 Å². The number of carbonyl (C=O) groups excluding carboxylic acids is 4. The van der Waals surface area contributed by atoms with Crippen molar-refractivity contribution in [1.29, 1.82) is 0 Å². The van der Waals surface area contributed by atoms with Gasteiger partial charge in [-0.25, -0.2) is 30.0 Å². The zero-order valence-corrected chi connectivity index (χ0v) is 25.4. The molecule has 1 unspecified atom stereocenters. The molecule has 1 aliphatic carbocycles. The van der Waals surface area contributed by atoms with Crippen molar-refractivity contribution in [3.63, 3.8) is 0 Å². The van der Waals surface area contributed by atoms with Crippen LogP contribution in [0, 0.1) is 17.8 Å². The Bertz CT molecular complexity index is 1320. The van der Waals surface area contributed by atoms with Gasteiger partial charge < -0.3 is 38.5 Å². The third-order valence-corrected chi connectivity index (χ3v) is 8.20. The minimum Gasteiger partial charge on any atom is -0.456 e. The van der Waals surface area contributed by atoms with Crippen LogP contribution in [0.4, 0.5) is 9.59 Å². The number of hydrogen-bond donors (Lipinski definition) is 4. The number of ether oxygens (including phenoxy) is 6. The van der Waals surface area contributed by atoms with Crippen LogP contribution in [0.5, 0.6) is 0 Å². The number of hydrazine groups is 1. The van der Waals surface area contributed by atoms with Crippen LogP contribution in [-0.4, -0.2) is 84.7 Å². The number of hydrogen-bond acceptors (Lipinski definition) is 11. The van der Waals surface area contributed by atoms with Crippen LogP contribution in [0.15, 0.2) is 53.8 Å². The molecule has 3 heterocycles. The molecule has 2 aliphatic heterocycles. The molecule has 0 saturated carbocycles. The first-order chi connectivity index (χ1) is 20.9. The fraction of sp³-hybridized carbons (Fsp3) is 0.533. The Morgan fingerprint density at radius 2 is 1.91 bits per heavy atom. The van der Waals surface area contributed by atoms with Crippen LogP contribution in [-0.2, 0) is 33.2 Å². The minimum atomic E-state index is -1.36. The van der Waals surface area contributed by atoms with E-state index in [1.165, 1.54) is 7.11 Å². The van der Waals surface area contributed by atoms with Crippen molar-refractivity contribution in [3.8, 4) is 0 Å². The highest BCUT2D eigenvalue weighted by atomic mass is 16.6. The van der Waals surface area contributed by atoms with Gasteiger partial charge in [0.15, 0.2) is 12.4 Å². The number of aliphatic hydroxyl groups is 1. The topological polar surface area (TPSA) is 184 Å². The lowest BCUT2D eigenvalue weighted by Crippen LogP contribution is -2.49. The number of cyclic esters (lactones) is 1. The molecule has 3 aliphatic rings. The molecule has 0 aromatic carbocycles. The lowest BCUT2D eigenvalue weighted by Gasteiger charge is -2.43. The first-order valence-electron chi connectivity index (χ1n) is 14.2. The Balaban J connectivity index is 1.69. The molecule has 44 heavy (non-hydrogen) atoms. The Kier molecular flexibility index (Phi) is 10.2. The van der Waals surface area contributed by atoms with Crippen molar-refractivity contribution in [2.75, 3.05) is 14.2 Å². The first kappa shape index (κ1) is 32.8. The van der Waals surface area contributed by atoms with Crippen LogP contribution in [0.3, 0.4) is 0 Å². The Morgan fingerprint density at radius 3 is 2.57 bits per heavy atom. The average molecular weight is 618 g/mol. The number of amides is 2. The second-order valence-electron chi connectivity index (χ2n) is 11.1. The average Bonchev–Trinajstić information content (AvgIpc) is 3.52. The molecular formula is C30H39N3O11. The summed E-state index contributed by atoms with van der Waals surface area (Å²) in [6.07, 6.45) is 1.99. The van der Waals surface area contributed by atoms with Gasteiger partial charge in [0.05, 0.1) is 7.11 Å². The van der Waals surface area contributed by atoms with E-state index in [1.807, 2.05) is 42.1 Å². The van der Waals surface area contributed by atoms with Crippen molar-refractivity contribution >= 4 is 24.1 Å². The van der Waals surface area contributed by atoms with Crippen LogP contribution >= 0.6 is 0 Å². The van der Waals surface area contributed by atoms with Gasteiger partial charge in [-0.1, -0.05) is 32.1 Å². The maximum Gasteiger partial charge on any atom is 0.426 e. The fourth-order valence-corrected chi connectivity index (χ4v) is 5.79. The summed E-state index contributed by atoms with van der Waals surface area (Å²) < 4.78 is 33.5. The molecule has 240 valence electrons. The SMILES string of the molecule is COC(=O)NNC(=O)O[C@H](C)[C@H]1OC(=O)[C@@H](OC)C[C@H]2C=CC3=C[C@]2(OC(O)[C@@H](C)[C@H]3OC(=O)c2ccc[nH]2)/C(C)=C/[C@H]1C. The van der Waals surface area contributed by atoms with Crippen molar-refractivity contribution in [3.05, 3.63) is 59.5 Å². The summed E-state index contributed by atoms with van der Waals surface area (Å²) in [5.41, 5.74) is 4.39. The normalized spacial score (nSPS) is 33.5. The number of rotatable bonds is 5. The third kappa shape index (κ3) is 6.82. The second-order valence-corrected chi connectivity index (χ2v) is 11.1. The molecule has 14 heteroatoms. The van der Waals surface area contributed by atoms with E-state index in [0.717, 1.165) is 7.11 Å². The molecule has 0 radical (unpaired) electrons. The molecule has 2 bridgehead atoms. The minimum absolute atomic E-state index is 0.120. The summed E-state index contributed by atoms with van der Waals surface area (Å²) in [7, 11) is 2.51. The highest BCUT2D eigenvalue weighted by Gasteiger charge is 2.50. The molecule has 14 nitrogen and oxygen atoms in total. The van der Waals surface area contributed by atoms with Gasteiger partial charge in [-0.05, 0) is 49.6 Å². The summed E-state index contributed by atoms with van der Waals surface area (Å²) >= 11 is 0. The first-order valence-corrected chi connectivity index (χ1v) is 14.2. The highest BCUT2D eigenvalue weighted by molar-refractivity contribution is 5.87. The van der Waals surface area contributed by atoms with E-state index >= 15 is 0 Å². The quantitative estimate of drug-likeness (QED) is 0.165. The molecule has 1 aromatic rings. The summed E-state index contributed by atoms with van der Waals surface area (Å²) in [6.45, 7) is 6.88. The Labute approximate surface area is 254 Å². The van der Waals surface area contributed by atoms with Gasteiger partial charge >= 0.3 is 24.1 Å². The van der Waals surface area contributed by atoms with E-state index in [2.05, 4.69) is 9.72 Å². The number of aromatic nitrogens is 1. The maximum atomic E-state index is 13.4. The fourth-order valence-electron chi connectivity index (χ4n) is 5.79. The molecule has 1 aromatic heterocycles. The Morgan fingerprint density at radius 1 is 1.18 bits per heavy atom. The lowest BCUT2D eigenvalue weighted by molar-refractivity contribution is -0.199. The summed E-state index contributed by atoms with van der Waals surface area (Å²) in [5.74, 6) is -2.92. The number of aromatic amines is 1. The molecule has 4 N–H and O–H groups in total. The molecule has 1 spiro atoms. The number of methoxy groups -OCH3 is 2. The van der Waals surface area contributed by atoms with E-state index in [1.54, 1.807) is 39.1 Å². The van der Waals surface area contributed by atoms with E-state index < -0.39 is 78.2 Å². The monoisotopic (exact) mass is 617 g/mol. The summed E-state index contributed by atoms with van der Waals surface area (Å²) in [6, 6.07) is 3.28. The molecule has 4 rings (SSSR count). The Hall–Kier alpha value is -4.14. The van der Waals surface area contributed by atoms with Gasteiger partial charge in [0.1, 0.15) is 29.6 Å². The van der Waals surface area contributed by atoms with Gasteiger partial charge in [-0.3, -0.25) is 0 Å². The van der Waals surface area contributed by atoms with Gasteiger partial charge in [0.2, 0.25) is 0 Å². The molecule has 0 fully saturated rings. The molecule has 2 amide bonds.